The van der Waals surface area contributed by atoms with E-state index in [9.17, 15) is 4.79 Å². The molecule has 0 aromatic heterocycles. The number of carboxylic acids is 1. The Balaban J connectivity index is 1.96. The predicted octanol–water partition coefficient (Wildman–Crippen LogP) is 1.95. The Labute approximate surface area is 89.1 Å². The zero-order chi connectivity index (χ0) is 10.7. The van der Waals surface area contributed by atoms with Crippen LogP contribution in [0.2, 0.25) is 0 Å². The summed E-state index contributed by atoms with van der Waals surface area (Å²) in [6.45, 7) is 0. The lowest BCUT2D eigenvalue weighted by Crippen LogP contribution is -2.26. The fraction of sp³-hybridized carbons (Fsp3) is 0.417. The third kappa shape index (κ3) is 2.57. The lowest BCUT2D eigenvalue weighted by Gasteiger charge is -2.12. The van der Waals surface area contributed by atoms with Crippen LogP contribution >= 0.6 is 0 Å². The first-order valence-electron chi connectivity index (χ1n) is 5.28. The first kappa shape index (κ1) is 10.2. The maximum absolute atomic E-state index is 10.6. The van der Waals surface area contributed by atoms with Crippen molar-refractivity contribution in [1.29, 1.82) is 0 Å². The van der Waals surface area contributed by atoms with Crippen molar-refractivity contribution in [2.45, 2.75) is 31.3 Å². The largest absolute Gasteiger partial charge is 0.481 e. The van der Waals surface area contributed by atoms with Gasteiger partial charge in [-0.2, -0.15) is 0 Å². The Kier molecular flexibility index (Phi) is 3.02. The summed E-state index contributed by atoms with van der Waals surface area (Å²) in [7, 11) is 0. The van der Waals surface area contributed by atoms with Crippen LogP contribution in [-0.2, 0) is 4.79 Å². The molecule has 2 N–H and O–H groups in total. The van der Waals surface area contributed by atoms with E-state index in [2.05, 4.69) is 17.4 Å². The molecule has 0 aliphatic carbocycles. The van der Waals surface area contributed by atoms with Gasteiger partial charge in [-0.15, -0.1) is 0 Å². The lowest BCUT2D eigenvalue weighted by molar-refractivity contribution is -0.137. The topological polar surface area (TPSA) is 49.3 Å². The number of carboxylic acid groups (broad SMARTS) is 1. The van der Waals surface area contributed by atoms with Crippen molar-refractivity contribution in [2.75, 3.05) is 0 Å². The average Bonchev–Trinajstić information content (AvgIpc) is 2.67. The van der Waals surface area contributed by atoms with Crippen molar-refractivity contribution in [3.8, 4) is 0 Å². The highest BCUT2D eigenvalue weighted by Gasteiger charge is 2.25. The van der Waals surface area contributed by atoms with Gasteiger partial charge in [-0.05, 0) is 18.4 Å². The number of hydrogen-bond donors (Lipinski definition) is 2. The van der Waals surface area contributed by atoms with Gasteiger partial charge in [0, 0.05) is 12.1 Å². The van der Waals surface area contributed by atoms with Gasteiger partial charge in [0.05, 0.1) is 6.42 Å². The van der Waals surface area contributed by atoms with E-state index < -0.39 is 5.97 Å². The molecule has 2 rings (SSSR count). The molecule has 1 aromatic carbocycles. The van der Waals surface area contributed by atoms with Crippen molar-refractivity contribution in [3.63, 3.8) is 0 Å². The van der Waals surface area contributed by atoms with Crippen LogP contribution in [0.1, 0.15) is 30.9 Å². The molecule has 0 amide bonds. The molecule has 3 heteroatoms. The molecule has 1 aromatic rings. The van der Waals surface area contributed by atoms with Gasteiger partial charge in [0.2, 0.25) is 0 Å². The van der Waals surface area contributed by atoms with E-state index in [0.717, 1.165) is 12.8 Å². The molecule has 1 saturated heterocycles. The smallest absolute Gasteiger partial charge is 0.304 e. The summed E-state index contributed by atoms with van der Waals surface area (Å²) in [6, 6.07) is 10.7. The summed E-state index contributed by atoms with van der Waals surface area (Å²) in [5, 5.41) is 12.0. The number of nitrogens with one attached hydrogen (secondary N) is 1. The van der Waals surface area contributed by atoms with Gasteiger partial charge in [-0.1, -0.05) is 30.3 Å². The number of aliphatic carboxylic acids is 1. The zero-order valence-corrected chi connectivity index (χ0v) is 8.52. The molecule has 0 saturated carbocycles. The molecular formula is C12H15NO2. The summed E-state index contributed by atoms with van der Waals surface area (Å²) in [5.74, 6) is -0.721. The molecule has 0 radical (unpaired) electrons. The second kappa shape index (κ2) is 4.45. The molecular weight excluding hydrogens is 190 g/mol. The van der Waals surface area contributed by atoms with Gasteiger partial charge in [0.25, 0.3) is 0 Å². The number of hydrogen-bond acceptors (Lipinski definition) is 2. The van der Waals surface area contributed by atoms with Crippen LogP contribution in [0.25, 0.3) is 0 Å². The SMILES string of the molecule is O=C(O)CC1CCC(c2ccccc2)N1. The van der Waals surface area contributed by atoms with Crippen molar-refractivity contribution >= 4 is 5.97 Å². The molecule has 80 valence electrons. The quantitative estimate of drug-likeness (QED) is 0.793. The summed E-state index contributed by atoms with van der Waals surface area (Å²) in [6.07, 6.45) is 2.21. The minimum Gasteiger partial charge on any atom is -0.481 e. The highest BCUT2D eigenvalue weighted by Crippen LogP contribution is 2.27. The highest BCUT2D eigenvalue weighted by molar-refractivity contribution is 5.67. The Morgan fingerprint density at radius 3 is 2.73 bits per heavy atom. The van der Waals surface area contributed by atoms with E-state index >= 15 is 0 Å². The highest BCUT2D eigenvalue weighted by atomic mass is 16.4. The summed E-state index contributed by atoms with van der Waals surface area (Å²) < 4.78 is 0. The molecule has 1 aliphatic rings. The third-order valence-corrected chi connectivity index (χ3v) is 2.86. The maximum atomic E-state index is 10.6. The normalized spacial score (nSPS) is 25.3. The molecule has 1 fully saturated rings. The van der Waals surface area contributed by atoms with Crippen LogP contribution < -0.4 is 5.32 Å². The monoisotopic (exact) mass is 205 g/mol. The molecule has 1 heterocycles. The van der Waals surface area contributed by atoms with Gasteiger partial charge in [-0.3, -0.25) is 4.79 Å². The Morgan fingerprint density at radius 1 is 1.33 bits per heavy atom. The zero-order valence-electron chi connectivity index (χ0n) is 8.52. The average molecular weight is 205 g/mol. The molecule has 15 heavy (non-hydrogen) atoms. The molecule has 0 bridgehead atoms. The van der Waals surface area contributed by atoms with E-state index in [1.807, 2.05) is 18.2 Å². The Morgan fingerprint density at radius 2 is 2.07 bits per heavy atom. The van der Waals surface area contributed by atoms with Gasteiger partial charge >= 0.3 is 5.97 Å². The summed E-state index contributed by atoms with van der Waals surface area (Å²) in [4.78, 5) is 10.6. The van der Waals surface area contributed by atoms with Crippen LogP contribution in [0.4, 0.5) is 0 Å². The molecule has 0 spiro atoms. The first-order chi connectivity index (χ1) is 7.25. The molecule has 1 aliphatic heterocycles. The van der Waals surface area contributed by atoms with Gasteiger partial charge in [0.15, 0.2) is 0 Å². The van der Waals surface area contributed by atoms with E-state index in [1.54, 1.807) is 0 Å². The predicted molar refractivity (Wildman–Crippen MR) is 57.6 cm³/mol. The van der Waals surface area contributed by atoms with Crippen molar-refractivity contribution in [1.82, 2.24) is 5.32 Å². The van der Waals surface area contributed by atoms with Crippen LogP contribution in [0, 0.1) is 0 Å². The molecule has 2 atom stereocenters. The summed E-state index contributed by atoms with van der Waals surface area (Å²) in [5.41, 5.74) is 1.25. The first-order valence-corrected chi connectivity index (χ1v) is 5.28. The van der Waals surface area contributed by atoms with Crippen LogP contribution in [0.3, 0.4) is 0 Å². The fourth-order valence-electron chi connectivity index (χ4n) is 2.14. The van der Waals surface area contributed by atoms with Gasteiger partial charge in [0.1, 0.15) is 0 Å². The number of carbonyl (C=O) groups is 1. The second-order valence-corrected chi connectivity index (χ2v) is 4.00. The van der Waals surface area contributed by atoms with Gasteiger partial charge < -0.3 is 10.4 Å². The minimum atomic E-state index is -0.721. The van der Waals surface area contributed by atoms with Gasteiger partial charge in [-0.25, -0.2) is 0 Å². The van der Waals surface area contributed by atoms with E-state index in [1.165, 1.54) is 5.56 Å². The second-order valence-electron chi connectivity index (χ2n) is 4.00. The van der Waals surface area contributed by atoms with Crippen molar-refractivity contribution < 1.29 is 9.90 Å². The maximum Gasteiger partial charge on any atom is 0.304 e. The van der Waals surface area contributed by atoms with Crippen LogP contribution in [0.15, 0.2) is 30.3 Å². The van der Waals surface area contributed by atoms with Crippen LogP contribution in [-0.4, -0.2) is 17.1 Å². The molecule has 3 nitrogen and oxygen atoms in total. The Bertz CT molecular complexity index is 337. The minimum absolute atomic E-state index is 0.132. The van der Waals surface area contributed by atoms with Crippen LogP contribution in [0.5, 0.6) is 0 Å². The standard InChI is InChI=1S/C12H15NO2/c14-12(15)8-10-6-7-11(13-10)9-4-2-1-3-5-9/h1-5,10-11,13H,6-8H2,(H,14,15). The van der Waals surface area contributed by atoms with Crippen molar-refractivity contribution in [3.05, 3.63) is 35.9 Å². The van der Waals surface area contributed by atoms with E-state index in [-0.39, 0.29) is 12.5 Å². The molecule has 2 unspecified atom stereocenters. The third-order valence-electron chi connectivity index (χ3n) is 2.86. The number of benzene rings is 1. The number of rotatable bonds is 3. The van der Waals surface area contributed by atoms with Crippen molar-refractivity contribution in [2.24, 2.45) is 0 Å². The summed E-state index contributed by atoms with van der Waals surface area (Å²) >= 11 is 0. The van der Waals surface area contributed by atoms with E-state index in [4.69, 9.17) is 5.11 Å². The lowest BCUT2D eigenvalue weighted by atomic mass is 10.1. The Hall–Kier alpha value is -1.35. The van der Waals surface area contributed by atoms with E-state index in [0.29, 0.717) is 6.04 Å². The fourth-order valence-corrected chi connectivity index (χ4v) is 2.14.